The molecule has 1 spiro atoms. The predicted molar refractivity (Wildman–Crippen MR) is 98.5 cm³/mol. The number of urea groups is 1. The number of carbonyl (C=O) groups is 1. The summed E-state index contributed by atoms with van der Waals surface area (Å²) in [5.41, 5.74) is 2.85. The van der Waals surface area contributed by atoms with E-state index in [1.807, 2.05) is 4.90 Å². The highest BCUT2D eigenvalue weighted by atomic mass is 16.2. The molecule has 1 N–H and O–H groups in total. The van der Waals surface area contributed by atoms with Gasteiger partial charge in [0.1, 0.15) is 5.82 Å². The number of nitrogens with zero attached hydrogens (tertiary/aromatic N) is 4. The van der Waals surface area contributed by atoms with E-state index in [4.69, 9.17) is 0 Å². The fourth-order valence-electron chi connectivity index (χ4n) is 4.59. The topological polar surface area (TPSA) is 63.1 Å². The van der Waals surface area contributed by atoms with E-state index < -0.39 is 0 Å². The first-order valence-corrected chi connectivity index (χ1v) is 9.48. The Kier molecular flexibility index (Phi) is 3.58. The van der Waals surface area contributed by atoms with Gasteiger partial charge in [0, 0.05) is 31.5 Å². The quantitative estimate of drug-likeness (QED) is 0.906. The Morgan fingerprint density at radius 2 is 2.00 bits per heavy atom. The van der Waals surface area contributed by atoms with Crippen LogP contribution >= 0.6 is 0 Å². The van der Waals surface area contributed by atoms with Crippen molar-refractivity contribution in [3.63, 3.8) is 0 Å². The summed E-state index contributed by atoms with van der Waals surface area (Å²) in [6, 6.07) is 8.62. The first-order chi connectivity index (χ1) is 12.8. The molecule has 1 fully saturated rings. The summed E-state index contributed by atoms with van der Waals surface area (Å²) in [5.74, 6) is 1.91. The molecule has 0 radical (unpaired) electrons. The first-order valence-electron chi connectivity index (χ1n) is 9.48. The van der Waals surface area contributed by atoms with Crippen LogP contribution in [-0.2, 0) is 24.9 Å². The third-order valence-corrected chi connectivity index (χ3v) is 6.11. The molecular weight excluding hydrogens is 326 g/mol. The van der Waals surface area contributed by atoms with Crippen molar-refractivity contribution in [2.24, 2.45) is 0 Å². The molecule has 1 aromatic heterocycles. The molecule has 1 aromatic carbocycles. The normalized spacial score (nSPS) is 19.6. The summed E-state index contributed by atoms with van der Waals surface area (Å²) >= 11 is 0. The number of allylic oxidation sites excluding steroid dienone is 1. The highest BCUT2D eigenvalue weighted by Crippen LogP contribution is 2.43. The number of likely N-dealkylation sites (tertiary alicyclic amines) is 1. The number of hydrogen-bond acceptors (Lipinski definition) is 3. The van der Waals surface area contributed by atoms with Crippen LogP contribution in [0.25, 0.3) is 6.08 Å². The number of amides is 2. The van der Waals surface area contributed by atoms with Crippen LogP contribution in [0.3, 0.4) is 0 Å². The Balaban J connectivity index is 1.21. The zero-order valence-corrected chi connectivity index (χ0v) is 14.8. The number of piperidine rings is 1. The highest BCUT2D eigenvalue weighted by molar-refractivity contribution is 5.74. The number of aryl methyl sites for hydroxylation is 1. The van der Waals surface area contributed by atoms with E-state index in [9.17, 15) is 4.79 Å². The lowest BCUT2D eigenvalue weighted by Gasteiger charge is -2.39. The van der Waals surface area contributed by atoms with Crippen molar-refractivity contribution >= 4 is 12.1 Å². The summed E-state index contributed by atoms with van der Waals surface area (Å²) < 4.78 is 2.13. The van der Waals surface area contributed by atoms with Crippen molar-refractivity contribution in [2.75, 3.05) is 13.1 Å². The van der Waals surface area contributed by atoms with Gasteiger partial charge in [-0.15, -0.1) is 10.2 Å². The molecule has 26 heavy (non-hydrogen) atoms. The molecular formula is C20H23N5O. The van der Waals surface area contributed by atoms with Crippen LogP contribution in [0.5, 0.6) is 0 Å². The molecule has 2 aliphatic heterocycles. The molecule has 2 aromatic rings. The number of carbonyl (C=O) groups excluding carboxylic acids is 1. The van der Waals surface area contributed by atoms with Crippen molar-refractivity contribution in [2.45, 2.75) is 44.2 Å². The maximum Gasteiger partial charge on any atom is 0.317 e. The maximum absolute atomic E-state index is 12.6. The van der Waals surface area contributed by atoms with Crippen LogP contribution in [0.1, 0.15) is 42.0 Å². The van der Waals surface area contributed by atoms with Gasteiger partial charge in [-0.05, 0) is 30.4 Å². The van der Waals surface area contributed by atoms with Crippen LogP contribution in [0, 0.1) is 0 Å². The molecule has 1 aliphatic carbocycles. The Morgan fingerprint density at radius 3 is 2.88 bits per heavy atom. The van der Waals surface area contributed by atoms with Crippen LogP contribution in [0.2, 0.25) is 0 Å². The second-order valence-corrected chi connectivity index (χ2v) is 7.51. The number of benzene rings is 1. The van der Waals surface area contributed by atoms with E-state index in [0.29, 0.717) is 6.54 Å². The monoisotopic (exact) mass is 349 g/mol. The second-order valence-electron chi connectivity index (χ2n) is 7.51. The predicted octanol–water partition coefficient (Wildman–Crippen LogP) is 2.49. The Morgan fingerprint density at radius 1 is 1.15 bits per heavy atom. The number of hydrogen-bond donors (Lipinski definition) is 1. The van der Waals surface area contributed by atoms with Gasteiger partial charge in [0.2, 0.25) is 0 Å². The molecule has 1 saturated heterocycles. The van der Waals surface area contributed by atoms with Crippen LogP contribution < -0.4 is 5.32 Å². The summed E-state index contributed by atoms with van der Waals surface area (Å²) in [6.45, 7) is 2.98. The molecule has 0 unspecified atom stereocenters. The summed E-state index contributed by atoms with van der Waals surface area (Å²) in [7, 11) is 0. The van der Waals surface area contributed by atoms with Crippen LogP contribution in [-0.4, -0.2) is 38.8 Å². The van der Waals surface area contributed by atoms with Crippen molar-refractivity contribution < 1.29 is 4.79 Å². The van der Waals surface area contributed by atoms with Gasteiger partial charge in [0.05, 0.1) is 6.54 Å². The van der Waals surface area contributed by atoms with E-state index >= 15 is 0 Å². The Bertz CT molecular complexity index is 876. The van der Waals surface area contributed by atoms with E-state index in [0.717, 1.165) is 57.0 Å². The van der Waals surface area contributed by atoms with Gasteiger partial charge in [0.15, 0.2) is 5.82 Å². The lowest BCUT2D eigenvalue weighted by molar-refractivity contribution is 0.170. The molecule has 3 heterocycles. The Hall–Kier alpha value is -2.63. The molecule has 6 nitrogen and oxygen atoms in total. The summed E-state index contributed by atoms with van der Waals surface area (Å²) in [5, 5.41) is 11.4. The maximum atomic E-state index is 12.6. The molecule has 2 amide bonds. The first kappa shape index (κ1) is 15.6. The van der Waals surface area contributed by atoms with Crippen LogP contribution in [0.4, 0.5) is 4.79 Å². The lowest BCUT2D eigenvalue weighted by atomic mass is 9.74. The standard InChI is InChI=1S/C20H23N5O/c26-19(21-14-18-23-22-17-6-3-11-25(17)18)24-12-9-20(10-13-24)8-7-15-4-1-2-5-16(15)20/h1-2,4-5,7-8H,3,6,9-14H2,(H,21,26). The van der Waals surface area contributed by atoms with Gasteiger partial charge in [0.25, 0.3) is 0 Å². The van der Waals surface area contributed by atoms with Crippen molar-refractivity contribution in [1.82, 2.24) is 25.0 Å². The highest BCUT2D eigenvalue weighted by Gasteiger charge is 2.38. The fraction of sp³-hybridized carbons (Fsp3) is 0.450. The van der Waals surface area contributed by atoms with Gasteiger partial charge in [-0.1, -0.05) is 36.4 Å². The Labute approximate surface area is 152 Å². The smallest absolute Gasteiger partial charge is 0.317 e. The molecule has 3 aliphatic rings. The largest absolute Gasteiger partial charge is 0.331 e. The van der Waals surface area contributed by atoms with Gasteiger partial charge < -0.3 is 14.8 Å². The number of aromatic nitrogens is 3. The van der Waals surface area contributed by atoms with Crippen molar-refractivity contribution in [3.8, 4) is 0 Å². The van der Waals surface area contributed by atoms with E-state index in [1.54, 1.807) is 0 Å². The zero-order chi connectivity index (χ0) is 17.6. The van der Waals surface area contributed by atoms with Gasteiger partial charge >= 0.3 is 6.03 Å². The summed E-state index contributed by atoms with van der Waals surface area (Å²) in [4.78, 5) is 14.5. The molecule has 0 bridgehead atoms. The van der Waals surface area contributed by atoms with Gasteiger partial charge in [-0.2, -0.15) is 0 Å². The number of nitrogens with one attached hydrogen (secondary N) is 1. The summed E-state index contributed by atoms with van der Waals surface area (Å²) in [6.07, 6.45) is 8.64. The second kappa shape index (κ2) is 5.97. The fourth-order valence-corrected chi connectivity index (χ4v) is 4.59. The van der Waals surface area contributed by atoms with Crippen molar-refractivity contribution in [1.29, 1.82) is 0 Å². The van der Waals surface area contributed by atoms with Crippen molar-refractivity contribution in [3.05, 3.63) is 53.1 Å². The van der Waals surface area contributed by atoms with Gasteiger partial charge in [-0.3, -0.25) is 0 Å². The zero-order valence-electron chi connectivity index (χ0n) is 14.8. The molecule has 6 heteroatoms. The van der Waals surface area contributed by atoms with E-state index in [2.05, 4.69) is 56.5 Å². The molecule has 134 valence electrons. The number of fused-ring (bicyclic) bond motifs is 3. The molecule has 0 saturated carbocycles. The average Bonchev–Trinajstić information content (AvgIpc) is 3.37. The third-order valence-electron chi connectivity index (χ3n) is 6.11. The SMILES string of the molecule is O=C(NCc1nnc2n1CCC2)N1CCC2(C=Cc3ccccc32)CC1. The minimum atomic E-state index is 0.00505. The minimum absolute atomic E-state index is 0.00505. The minimum Gasteiger partial charge on any atom is -0.331 e. The van der Waals surface area contributed by atoms with Crippen LogP contribution in [0.15, 0.2) is 30.3 Å². The average molecular weight is 349 g/mol. The van der Waals surface area contributed by atoms with Gasteiger partial charge in [-0.25, -0.2) is 4.79 Å². The van der Waals surface area contributed by atoms with E-state index in [-0.39, 0.29) is 11.4 Å². The molecule has 0 atom stereocenters. The third kappa shape index (κ3) is 2.43. The number of rotatable bonds is 2. The van der Waals surface area contributed by atoms with E-state index in [1.165, 1.54) is 11.1 Å². The molecule has 5 rings (SSSR count). The lowest BCUT2D eigenvalue weighted by Crippen LogP contribution is -2.47.